The van der Waals surface area contributed by atoms with Crippen molar-refractivity contribution >= 4 is 31.6 Å². The van der Waals surface area contributed by atoms with E-state index < -0.39 is 10.0 Å². The lowest BCUT2D eigenvalue weighted by atomic mass is 10.1. The molecule has 0 unspecified atom stereocenters. The molecule has 1 aromatic heterocycles. The summed E-state index contributed by atoms with van der Waals surface area (Å²) < 4.78 is 35.8. The predicted octanol–water partition coefficient (Wildman–Crippen LogP) is 3.78. The van der Waals surface area contributed by atoms with Crippen molar-refractivity contribution in [2.45, 2.75) is 51.2 Å². The van der Waals surface area contributed by atoms with Gasteiger partial charge in [0.05, 0.1) is 21.2 Å². The average Bonchev–Trinajstić information content (AvgIpc) is 3.00. The number of hydrogen-bond acceptors (Lipinski definition) is 5. The SMILES string of the molecule is CCn1c(=O)sc2cc(S(=O)(=O)NCCCc3ccc(OC(C)C)cc3)ccc21. The highest BCUT2D eigenvalue weighted by Crippen LogP contribution is 2.22. The van der Waals surface area contributed by atoms with Gasteiger partial charge in [-0.1, -0.05) is 23.5 Å². The van der Waals surface area contributed by atoms with E-state index in [4.69, 9.17) is 4.74 Å². The molecule has 0 aliphatic rings. The maximum absolute atomic E-state index is 12.6. The Kier molecular flexibility index (Phi) is 6.77. The molecule has 0 spiro atoms. The first kappa shape index (κ1) is 21.5. The highest BCUT2D eigenvalue weighted by molar-refractivity contribution is 7.89. The minimum atomic E-state index is -3.61. The lowest BCUT2D eigenvalue weighted by Gasteiger charge is -2.10. The van der Waals surface area contributed by atoms with Crippen LogP contribution in [0.2, 0.25) is 0 Å². The number of nitrogens with one attached hydrogen (secondary N) is 1. The van der Waals surface area contributed by atoms with Crippen LogP contribution in [0.15, 0.2) is 52.2 Å². The predicted molar refractivity (Wildman–Crippen MR) is 117 cm³/mol. The number of hydrogen-bond donors (Lipinski definition) is 1. The lowest BCUT2D eigenvalue weighted by Crippen LogP contribution is -2.25. The number of aryl methyl sites for hydroxylation is 2. The minimum absolute atomic E-state index is 0.0742. The molecule has 0 saturated carbocycles. The quantitative estimate of drug-likeness (QED) is 0.520. The average molecular weight is 435 g/mol. The third kappa shape index (κ3) is 5.26. The van der Waals surface area contributed by atoms with E-state index in [9.17, 15) is 13.2 Å². The summed E-state index contributed by atoms with van der Waals surface area (Å²) in [6.45, 7) is 6.77. The zero-order chi connectivity index (χ0) is 21.0. The standard InChI is InChI=1S/C21H26N2O4S2/c1-4-23-19-12-11-18(14-20(19)28-21(23)24)29(25,26)22-13-5-6-16-7-9-17(10-8-16)27-15(2)3/h7-12,14-15,22H,4-6,13H2,1-3H3. The molecule has 3 aromatic rings. The van der Waals surface area contributed by atoms with Gasteiger partial charge in [0, 0.05) is 13.1 Å². The van der Waals surface area contributed by atoms with Crippen LogP contribution in [-0.4, -0.2) is 25.6 Å². The van der Waals surface area contributed by atoms with Gasteiger partial charge in [-0.3, -0.25) is 9.36 Å². The van der Waals surface area contributed by atoms with Gasteiger partial charge in [-0.2, -0.15) is 0 Å². The second-order valence-corrected chi connectivity index (χ2v) is 9.81. The fourth-order valence-corrected chi connectivity index (χ4v) is 5.27. The first-order chi connectivity index (χ1) is 13.8. The van der Waals surface area contributed by atoms with E-state index in [2.05, 4.69) is 4.72 Å². The van der Waals surface area contributed by atoms with E-state index in [0.29, 0.717) is 24.2 Å². The first-order valence-corrected chi connectivity index (χ1v) is 12.0. The highest BCUT2D eigenvalue weighted by atomic mass is 32.2. The van der Waals surface area contributed by atoms with Crippen LogP contribution in [0.25, 0.3) is 10.2 Å². The van der Waals surface area contributed by atoms with Gasteiger partial charge in [0.25, 0.3) is 0 Å². The Morgan fingerprint density at radius 2 is 1.86 bits per heavy atom. The maximum atomic E-state index is 12.6. The van der Waals surface area contributed by atoms with Gasteiger partial charge in [0.15, 0.2) is 0 Å². The molecule has 2 aromatic carbocycles. The number of nitrogens with zero attached hydrogens (tertiary/aromatic N) is 1. The van der Waals surface area contributed by atoms with Gasteiger partial charge < -0.3 is 4.74 Å². The largest absolute Gasteiger partial charge is 0.491 e. The van der Waals surface area contributed by atoms with Crippen molar-refractivity contribution in [3.8, 4) is 5.75 Å². The van der Waals surface area contributed by atoms with Gasteiger partial charge in [0.1, 0.15) is 5.75 Å². The van der Waals surface area contributed by atoms with Crippen LogP contribution in [-0.2, 0) is 23.0 Å². The van der Waals surface area contributed by atoms with Gasteiger partial charge >= 0.3 is 4.87 Å². The van der Waals surface area contributed by atoms with Crippen LogP contribution in [0.1, 0.15) is 32.8 Å². The van der Waals surface area contributed by atoms with Gasteiger partial charge in [0.2, 0.25) is 10.0 Å². The fourth-order valence-electron chi connectivity index (χ4n) is 3.10. The molecule has 156 valence electrons. The molecule has 0 bridgehead atoms. The highest BCUT2D eigenvalue weighted by Gasteiger charge is 2.16. The lowest BCUT2D eigenvalue weighted by molar-refractivity contribution is 0.242. The second-order valence-electron chi connectivity index (χ2n) is 7.05. The van der Waals surface area contributed by atoms with Gasteiger partial charge in [-0.05, 0) is 69.5 Å². The van der Waals surface area contributed by atoms with Gasteiger partial charge in [-0.15, -0.1) is 0 Å². The van der Waals surface area contributed by atoms with Crippen molar-refractivity contribution in [1.82, 2.24) is 9.29 Å². The number of fused-ring (bicyclic) bond motifs is 1. The Bertz CT molecular complexity index is 1130. The normalized spacial score (nSPS) is 12.0. The Labute approximate surface area is 175 Å². The van der Waals surface area contributed by atoms with Crippen molar-refractivity contribution in [1.29, 1.82) is 0 Å². The van der Waals surface area contributed by atoms with Crippen molar-refractivity contribution in [2.75, 3.05) is 6.54 Å². The topological polar surface area (TPSA) is 77.4 Å². The van der Waals surface area contributed by atoms with Crippen LogP contribution in [0.5, 0.6) is 5.75 Å². The summed E-state index contributed by atoms with van der Waals surface area (Å²) in [5.41, 5.74) is 1.90. The number of sulfonamides is 1. The van der Waals surface area contributed by atoms with Crippen molar-refractivity contribution in [3.63, 3.8) is 0 Å². The molecule has 0 saturated heterocycles. The molecule has 0 atom stereocenters. The molecule has 3 rings (SSSR count). The summed E-state index contributed by atoms with van der Waals surface area (Å²) >= 11 is 1.07. The van der Waals surface area contributed by atoms with Crippen LogP contribution in [0.4, 0.5) is 0 Å². The molecule has 0 amide bonds. The summed E-state index contributed by atoms with van der Waals surface area (Å²) in [4.78, 5) is 12.1. The zero-order valence-corrected chi connectivity index (χ0v) is 18.5. The van der Waals surface area contributed by atoms with E-state index in [0.717, 1.165) is 34.6 Å². The van der Waals surface area contributed by atoms with E-state index in [1.165, 1.54) is 0 Å². The molecule has 0 aliphatic carbocycles. The zero-order valence-electron chi connectivity index (χ0n) is 16.8. The molecular weight excluding hydrogens is 408 g/mol. The van der Waals surface area contributed by atoms with Crippen LogP contribution in [0, 0.1) is 0 Å². The van der Waals surface area contributed by atoms with E-state index in [1.807, 2.05) is 45.0 Å². The molecule has 6 nitrogen and oxygen atoms in total. The van der Waals surface area contributed by atoms with Crippen LogP contribution >= 0.6 is 11.3 Å². The van der Waals surface area contributed by atoms with E-state index >= 15 is 0 Å². The number of thiazole rings is 1. The van der Waals surface area contributed by atoms with Crippen molar-refractivity contribution < 1.29 is 13.2 Å². The van der Waals surface area contributed by atoms with E-state index in [-0.39, 0.29) is 15.9 Å². The monoisotopic (exact) mass is 434 g/mol. The summed E-state index contributed by atoms with van der Waals surface area (Å²) in [7, 11) is -3.61. The molecule has 8 heteroatoms. The fraction of sp³-hybridized carbons (Fsp3) is 0.381. The summed E-state index contributed by atoms with van der Waals surface area (Å²) in [6.07, 6.45) is 1.59. The molecular formula is C21H26N2O4S2. The number of rotatable bonds is 9. The third-order valence-corrected chi connectivity index (χ3v) is 6.90. The van der Waals surface area contributed by atoms with Crippen molar-refractivity contribution in [3.05, 3.63) is 57.7 Å². The summed E-state index contributed by atoms with van der Waals surface area (Å²) in [5, 5.41) is 0. The van der Waals surface area contributed by atoms with Crippen molar-refractivity contribution in [2.24, 2.45) is 0 Å². The molecule has 1 N–H and O–H groups in total. The maximum Gasteiger partial charge on any atom is 0.308 e. The molecule has 1 heterocycles. The van der Waals surface area contributed by atoms with Gasteiger partial charge in [-0.25, -0.2) is 13.1 Å². The van der Waals surface area contributed by atoms with Crippen LogP contribution < -0.4 is 14.3 Å². The Hall–Kier alpha value is -2.16. The second kappa shape index (κ2) is 9.11. The Morgan fingerprint density at radius 1 is 1.14 bits per heavy atom. The number of benzene rings is 2. The summed E-state index contributed by atoms with van der Waals surface area (Å²) in [6, 6.07) is 12.7. The summed E-state index contributed by atoms with van der Waals surface area (Å²) in [5.74, 6) is 0.832. The Balaban J connectivity index is 1.58. The Morgan fingerprint density at radius 3 is 2.52 bits per heavy atom. The van der Waals surface area contributed by atoms with E-state index in [1.54, 1.807) is 22.8 Å². The number of aromatic nitrogens is 1. The molecule has 0 fully saturated rings. The first-order valence-electron chi connectivity index (χ1n) is 9.69. The smallest absolute Gasteiger partial charge is 0.308 e. The third-order valence-electron chi connectivity index (χ3n) is 4.50. The molecule has 29 heavy (non-hydrogen) atoms. The minimum Gasteiger partial charge on any atom is -0.491 e. The molecule has 0 radical (unpaired) electrons. The van der Waals surface area contributed by atoms with Crippen LogP contribution in [0.3, 0.4) is 0 Å². The number of ether oxygens (including phenoxy) is 1. The molecule has 0 aliphatic heterocycles.